The van der Waals surface area contributed by atoms with E-state index in [1.54, 1.807) is 0 Å². The zero-order chi connectivity index (χ0) is 19.8. The summed E-state index contributed by atoms with van der Waals surface area (Å²) in [5, 5.41) is 5.24. The number of aromatic nitrogens is 1. The van der Waals surface area contributed by atoms with Crippen LogP contribution in [0.25, 0.3) is 32.6 Å². The van der Waals surface area contributed by atoms with Gasteiger partial charge in [0, 0.05) is 26.1 Å². The highest BCUT2D eigenvalue weighted by molar-refractivity contribution is 7.99. The zero-order valence-electron chi connectivity index (χ0n) is 17.0. The molecule has 0 bridgehead atoms. The summed E-state index contributed by atoms with van der Waals surface area (Å²) in [7, 11) is 0. The number of para-hydroxylation sites is 1. The minimum Gasteiger partial charge on any atom is -0.354 e. The topological polar surface area (TPSA) is 15.8 Å². The minimum absolute atomic E-state index is 1.12. The summed E-state index contributed by atoms with van der Waals surface area (Å²) in [4.78, 5) is 6.44. The molecule has 0 amide bonds. The first-order chi connectivity index (χ1) is 14.2. The van der Waals surface area contributed by atoms with Gasteiger partial charge in [-0.25, -0.2) is 0 Å². The van der Waals surface area contributed by atoms with E-state index in [1.165, 1.54) is 66.3 Å². The molecule has 0 radical (unpaired) electrons. The Labute approximate surface area is 176 Å². The average molecular weight is 396 g/mol. The molecule has 0 spiro atoms. The van der Waals surface area contributed by atoms with E-state index < -0.39 is 0 Å². The Hall–Kier alpha value is -2.71. The van der Waals surface area contributed by atoms with Gasteiger partial charge in [-0.3, -0.25) is 0 Å². The predicted molar refractivity (Wildman–Crippen MR) is 127 cm³/mol. The normalized spacial score (nSPS) is 11.7. The summed E-state index contributed by atoms with van der Waals surface area (Å²) in [5.74, 6) is 0. The molecular formula is C27H25NS. The van der Waals surface area contributed by atoms with Crippen molar-refractivity contribution in [3.8, 4) is 0 Å². The van der Waals surface area contributed by atoms with Crippen molar-refractivity contribution < 1.29 is 0 Å². The Morgan fingerprint density at radius 1 is 0.828 bits per heavy atom. The van der Waals surface area contributed by atoms with Gasteiger partial charge in [0.05, 0.1) is 5.52 Å². The highest BCUT2D eigenvalue weighted by Crippen LogP contribution is 2.41. The summed E-state index contributed by atoms with van der Waals surface area (Å²) in [6.45, 7) is 4.49. The number of benzene rings is 4. The van der Waals surface area contributed by atoms with Crippen molar-refractivity contribution in [3.05, 3.63) is 83.9 Å². The SMILES string of the molecule is CCCCc1ccc2c([nH]c3ccccc32)c1Sc1cc2ccccc2cc1C. The second-order valence-corrected chi connectivity index (χ2v) is 8.87. The molecule has 1 N–H and O–H groups in total. The van der Waals surface area contributed by atoms with Gasteiger partial charge in [0.25, 0.3) is 0 Å². The van der Waals surface area contributed by atoms with Crippen LogP contribution in [0.1, 0.15) is 30.9 Å². The molecule has 1 heterocycles. The maximum absolute atomic E-state index is 3.72. The number of aryl methyl sites for hydroxylation is 2. The lowest BCUT2D eigenvalue weighted by Gasteiger charge is -2.13. The van der Waals surface area contributed by atoms with Crippen molar-refractivity contribution in [2.75, 3.05) is 0 Å². The fourth-order valence-corrected chi connectivity index (χ4v) is 5.36. The van der Waals surface area contributed by atoms with E-state index in [0.717, 1.165) is 6.42 Å². The Morgan fingerprint density at radius 3 is 2.41 bits per heavy atom. The monoisotopic (exact) mass is 395 g/mol. The number of aromatic amines is 1. The molecule has 0 unspecified atom stereocenters. The van der Waals surface area contributed by atoms with Crippen molar-refractivity contribution in [1.82, 2.24) is 4.98 Å². The molecule has 0 atom stereocenters. The van der Waals surface area contributed by atoms with E-state index in [9.17, 15) is 0 Å². The number of unbranched alkanes of at least 4 members (excludes halogenated alkanes) is 1. The van der Waals surface area contributed by atoms with Crippen molar-refractivity contribution >= 4 is 44.3 Å². The average Bonchev–Trinajstić information content (AvgIpc) is 3.12. The molecule has 0 saturated carbocycles. The fourth-order valence-electron chi connectivity index (χ4n) is 4.17. The molecule has 0 aliphatic rings. The van der Waals surface area contributed by atoms with Gasteiger partial charge in [-0.05, 0) is 53.8 Å². The Bertz CT molecular complexity index is 1330. The molecule has 0 aliphatic carbocycles. The van der Waals surface area contributed by atoms with Crippen molar-refractivity contribution in [3.63, 3.8) is 0 Å². The van der Waals surface area contributed by atoms with Crippen molar-refractivity contribution in [1.29, 1.82) is 0 Å². The molecule has 144 valence electrons. The Balaban J connectivity index is 1.70. The van der Waals surface area contributed by atoms with E-state index >= 15 is 0 Å². The van der Waals surface area contributed by atoms with E-state index in [1.807, 2.05) is 11.8 Å². The Kier molecular flexibility index (Phi) is 4.81. The van der Waals surface area contributed by atoms with Crippen LogP contribution in [0.2, 0.25) is 0 Å². The lowest BCUT2D eigenvalue weighted by molar-refractivity contribution is 0.786. The number of hydrogen-bond donors (Lipinski definition) is 1. The van der Waals surface area contributed by atoms with Crippen LogP contribution in [0, 0.1) is 6.92 Å². The molecule has 29 heavy (non-hydrogen) atoms. The number of fused-ring (bicyclic) bond motifs is 4. The molecule has 0 saturated heterocycles. The standard InChI is InChI=1S/C27H25NS/c1-3-4-9-19-14-15-23-22-12-7-8-13-24(22)28-26(23)27(19)29-25-17-21-11-6-5-10-20(21)16-18(25)2/h5-8,10-17,28H,3-4,9H2,1-2H3. The molecule has 0 fully saturated rings. The first-order valence-electron chi connectivity index (χ1n) is 10.4. The van der Waals surface area contributed by atoms with E-state index in [2.05, 4.69) is 91.6 Å². The molecule has 5 rings (SSSR count). The van der Waals surface area contributed by atoms with Crippen LogP contribution in [0.4, 0.5) is 0 Å². The number of hydrogen-bond acceptors (Lipinski definition) is 1. The van der Waals surface area contributed by atoms with Gasteiger partial charge in [-0.1, -0.05) is 85.8 Å². The largest absolute Gasteiger partial charge is 0.354 e. The third-order valence-corrected chi connectivity index (χ3v) is 7.10. The first-order valence-corrected chi connectivity index (χ1v) is 11.3. The quantitative estimate of drug-likeness (QED) is 0.316. The summed E-state index contributed by atoms with van der Waals surface area (Å²) >= 11 is 1.92. The minimum atomic E-state index is 1.12. The van der Waals surface area contributed by atoms with E-state index in [-0.39, 0.29) is 0 Å². The first kappa shape index (κ1) is 18.3. The number of H-pyrrole nitrogens is 1. The van der Waals surface area contributed by atoms with Crippen LogP contribution < -0.4 is 0 Å². The Morgan fingerprint density at radius 2 is 1.59 bits per heavy atom. The highest BCUT2D eigenvalue weighted by Gasteiger charge is 2.15. The van der Waals surface area contributed by atoms with Gasteiger partial charge in [-0.2, -0.15) is 0 Å². The number of nitrogens with one attached hydrogen (secondary N) is 1. The van der Waals surface area contributed by atoms with E-state index in [0.29, 0.717) is 0 Å². The molecule has 1 aromatic heterocycles. The summed E-state index contributed by atoms with van der Waals surface area (Å²) in [6, 6.07) is 26.6. The zero-order valence-corrected chi connectivity index (χ0v) is 17.8. The van der Waals surface area contributed by atoms with Gasteiger partial charge in [0.1, 0.15) is 0 Å². The fraction of sp³-hybridized carbons (Fsp3) is 0.185. The van der Waals surface area contributed by atoms with E-state index in [4.69, 9.17) is 0 Å². The third-order valence-electron chi connectivity index (χ3n) is 5.77. The predicted octanol–water partition coefficient (Wildman–Crippen LogP) is 8.28. The van der Waals surface area contributed by atoms with Crippen molar-refractivity contribution in [2.45, 2.75) is 42.9 Å². The molecular weight excluding hydrogens is 370 g/mol. The van der Waals surface area contributed by atoms with Crippen LogP contribution in [0.5, 0.6) is 0 Å². The maximum Gasteiger partial charge on any atom is 0.0609 e. The second kappa shape index (κ2) is 7.61. The van der Waals surface area contributed by atoms with Crippen molar-refractivity contribution in [2.24, 2.45) is 0 Å². The van der Waals surface area contributed by atoms with Gasteiger partial charge in [0.15, 0.2) is 0 Å². The maximum atomic E-state index is 3.72. The lowest BCUT2D eigenvalue weighted by atomic mass is 10.1. The van der Waals surface area contributed by atoms with Crippen LogP contribution in [0.3, 0.4) is 0 Å². The smallest absolute Gasteiger partial charge is 0.0609 e. The molecule has 2 heteroatoms. The summed E-state index contributed by atoms with van der Waals surface area (Å²) < 4.78 is 0. The number of rotatable bonds is 5. The highest BCUT2D eigenvalue weighted by atomic mass is 32.2. The van der Waals surface area contributed by atoms with Crippen LogP contribution in [-0.4, -0.2) is 4.98 Å². The second-order valence-electron chi connectivity index (χ2n) is 7.82. The van der Waals surface area contributed by atoms with Crippen LogP contribution in [0.15, 0.2) is 82.6 Å². The lowest BCUT2D eigenvalue weighted by Crippen LogP contribution is -1.91. The van der Waals surface area contributed by atoms with Gasteiger partial charge in [-0.15, -0.1) is 0 Å². The molecule has 1 nitrogen and oxygen atoms in total. The third kappa shape index (κ3) is 3.32. The molecule has 4 aromatic carbocycles. The summed E-state index contributed by atoms with van der Waals surface area (Å²) in [5.41, 5.74) is 5.27. The molecule has 0 aliphatic heterocycles. The van der Waals surface area contributed by atoms with Gasteiger partial charge >= 0.3 is 0 Å². The van der Waals surface area contributed by atoms with Crippen LogP contribution >= 0.6 is 11.8 Å². The van der Waals surface area contributed by atoms with Crippen LogP contribution in [-0.2, 0) is 6.42 Å². The van der Waals surface area contributed by atoms with Gasteiger partial charge in [0.2, 0.25) is 0 Å². The summed E-state index contributed by atoms with van der Waals surface area (Å²) in [6.07, 6.45) is 3.55. The molecule has 5 aromatic rings. The van der Waals surface area contributed by atoms with Gasteiger partial charge < -0.3 is 4.98 Å².